The van der Waals surface area contributed by atoms with Crippen molar-refractivity contribution in [3.05, 3.63) is 99.0 Å². The van der Waals surface area contributed by atoms with E-state index in [1.165, 1.54) is 0 Å². The SMILES string of the molecule is CCOc1cccc(C2C=C(c3ccc(Cl)cc3)NC(c3ccc(Br)cc3)N2)c1O. The molecule has 2 atom stereocenters. The van der Waals surface area contributed by atoms with Gasteiger partial charge in [0.1, 0.15) is 6.17 Å². The summed E-state index contributed by atoms with van der Waals surface area (Å²) < 4.78 is 6.61. The number of ether oxygens (including phenoxy) is 1. The quantitative estimate of drug-likeness (QED) is 0.404. The monoisotopic (exact) mass is 484 g/mol. The third kappa shape index (κ3) is 4.48. The van der Waals surface area contributed by atoms with Crippen LogP contribution in [0, 0.1) is 0 Å². The van der Waals surface area contributed by atoms with Crippen LogP contribution in [0.25, 0.3) is 5.70 Å². The largest absolute Gasteiger partial charge is 0.504 e. The third-order valence-electron chi connectivity index (χ3n) is 5.00. The van der Waals surface area contributed by atoms with Gasteiger partial charge in [0, 0.05) is 20.8 Å². The zero-order valence-electron chi connectivity index (χ0n) is 16.4. The van der Waals surface area contributed by atoms with E-state index in [9.17, 15) is 5.11 Å². The van der Waals surface area contributed by atoms with Gasteiger partial charge in [-0.15, -0.1) is 0 Å². The van der Waals surface area contributed by atoms with Crippen molar-refractivity contribution in [1.82, 2.24) is 10.6 Å². The second-order valence-electron chi connectivity index (χ2n) is 6.99. The summed E-state index contributed by atoms with van der Waals surface area (Å²) in [7, 11) is 0. The fourth-order valence-electron chi connectivity index (χ4n) is 3.53. The van der Waals surface area contributed by atoms with E-state index < -0.39 is 0 Å². The van der Waals surface area contributed by atoms with Gasteiger partial charge in [-0.05, 0) is 54.5 Å². The van der Waals surface area contributed by atoms with Gasteiger partial charge in [-0.1, -0.05) is 63.9 Å². The van der Waals surface area contributed by atoms with Crippen LogP contribution in [0.3, 0.4) is 0 Å². The Morgan fingerprint density at radius 3 is 2.47 bits per heavy atom. The number of halogens is 2. The maximum absolute atomic E-state index is 10.8. The van der Waals surface area contributed by atoms with Gasteiger partial charge < -0.3 is 15.2 Å². The van der Waals surface area contributed by atoms with E-state index in [-0.39, 0.29) is 18.0 Å². The first-order valence-corrected chi connectivity index (χ1v) is 10.9. The van der Waals surface area contributed by atoms with Gasteiger partial charge in [-0.25, -0.2) is 0 Å². The molecule has 0 saturated carbocycles. The first kappa shape index (κ1) is 20.8. The highest BCUT2D eigenvalue weighted by Gasteiger charge is 2.26. The molecule has 2 unspecified atom stereocenters. The minimum Gasteiger partial charge on any atom is -0.504 e. The van der Waals surface area contributed by atoms with Crippen LogP contribution in [-0.4, -0.2) is 11.7 Å². The lowest BCUT2D eigenvalue weighted by Crippen LogP contribution is -2.39. The van der Waals surface area contributed by atoms with Gasteiger partial charge in [-0.2, -0.15) is 0 Å². The van der Waals surface area contributed by atoms with E-state index >= 15 is 0 Å². The van der Waals surface area contributed by atoms with Crippen LogP contribution in [-0.2, 0) is 0 Å². The molecule has 0 saturated heterocycles. The second-order valence-corrected chi connectivity index (χ2v) is 8.34. The van der Waals surface area contributed by atoms with Crippen molar-refractivity contribution in [2.24, 2.45) is 0 Å². The number of phenols is 1. The summed E-state index contributed by atoms with van der Waals surface area (Å²) in [6.07, 6.45) is 1.93. The molecular formula is C24H22BrClN2O2. The maximum atomic E-state index is 10.8. The minimum atomic E-state index is -0.217. The Labute approximate surface area is 189 Å². The Bertz CT molecular complexity index is 1050. The number of hydrogen-bond donors (Lipinski definition) is 3. The molecule has 0 amide bonds. The average Bonchev–Trinajstić information content (AvgIpc) is 2.76. The van der Waals surface area contributed by atoms with Crippen LogP contribution in [0.2, 0.25) is 5.02 Å². The van der Waals surface area contributed by atoms with Crippen LogP contribution < -0.4 is 15.4 Å². The van der Waals surface area contributed by atoms with Gasteiger partial charge >= 0.3 is 0 Å². The molecule has 3 aromatic rings. The van der Waals surface area contributed by atoms with Crippen LogP contribution in [0.15, 0.2) is 77.3 Å². The summed E-state index contributed by atoms with van der Waals surface area (Å²) in [5.74, 6) is 0.636. The number of hydrogen-bond acceptors (Lipinski definition) is 4. The predicted octanol–water partition coefficient (Wildman–Crippen LogP) is 6.18. The van der Waals surface area contributed by atoms with E-state index in [1.54, 1.807) is 6.07 Å². The fraction of sp³-hybridized carbons (Fsp3) is 0.167. The molecule has 0 aliphatic carbocycles. The second kappa shape index (κ2) is 9.13. The van der Waals surface area contributed by atoms with E-state index in [1.807, 2.05) is 55.5 Å². The highest BCUT2D eigenvalue weighted by Crippen LogP contribution is 2.38. The first-order valence-electron chi connectivity index (χ1n) is 9.75. The van der Waals surface area contributed by atoms with E-state index in [2.05, 4.69) is 44.8 Å². The molecule has 0 bridgehead atoms. The minimum absolute atomic E-state index is 0.145. The Balaban J connectivity index is 1.75. The topological polar surface area (TPSA) is 53.5 Å². The molecular weight excluding hydrogens is 464 g/mol. The molecule has 30 heavy (non-hydrogen) atoms. The van der Waals surface area contributed by atoms with Crippen molar-refractivity contribution >= 4 is 33.2 Å². The molecule has 1 heterocycles. The van der Waals surface area contributed by atoms with Gasteiger partial charge in [0.05, 0.1) is 12.6 Å². The van der Waals surface area contributed by atoms with E-state index in [0.29, 0.717) is 17.4 Å². The van der Waals surface area contributed by atoms with Crippen molar-refractivity contribution in [3.8, 4) is 11.5 Å². The lowest BCUT2D eigenvalue weighted by molar-refractivity contribution is 0.314. The van der Waals surface area contributed by atoms with E-state index in [0.717, 1.165) is 26.9 Å². The van der Waals surface area contributed by atoms with Crippen molar-refractivity contribution in [3.63, 3.8) is 0 Å². The molecule has 4 rings (SSSR count). The molecule has 6 heteroatoms. The number of benzene rings is 3. The van der Waals surface area contributed by atoms with Crippen LogP contribution in [0.1, 0.15) is 35.8 Å². The van der Waals surface area contributed by atoms with Crippen molar-refractivity contribution in [2.75, 3.05) is 6.61 Å². The standard InChI is InChI=1S/C24H22BrClN2O2/c1-2-30-22-5-3-4-19(23(22)29)21-14-20(15-8-12-18(26)13-9-15)27-24(28-21)16-6-10-17(25)11-7-16/h3-14,21,24,27-29H,2H2,1H3. The van der Waals surface area contributed by atoms with Crippen molar-refractivity contribution in [1.29, 1.82) is 0 Å². The smallest absolute Gasteiger partial charge is 0.162 e. The van der Waals surface area contributed by atoms with Crippen LogP contribution >= 0.6 is 27.5 Å². The number of rotatable bonds is 5. The Morgan fingerprint density at radius 1 is 1.03 bits per heavy atom. The summed E-state index contributed by atoms with van der Waals surface area (Å²) in [6.45, 7) is 2.39. The summed E-state index contributed by atoms with van der Waals surface area (Å²) in [5.41, 5.74) is 3.83. The number of nitrogens with one attached hydrogen (secondary N) is 2. The fourth-order valence-corrected chi connectivity index (χ4v) is 3.92. The summed E-state index contributed by atoms with van der Waals surface area (Å²) >= 11 is 9.57. The molecule has 0 radical (unpaired) electrons. The summed E-state index contributed by atoms with van der Waals surface area (Å²) in [6, 6.07) is 21.2. The summed E-state index contributed by atoms with van der Waals surface area (Å²) in [5, 5.41) is 18.7. The zero-order valence-corrected chi connectivity index (χ0v) is 18.7. The molecule has 154 valence electrons. The molecule has 3 aromatic carbocycles. The Morgan fingerprint density at radius 2 is 1.77 bits per heavy atom. The first-order chi connectivity index (χ1) is 14.5. The summed E-state index contributed by atoms with van der Waals surface area (Å²) in [4.78, 5) is 0. The molecule has 4 nitrogen and oxygen atoms in total. The highest BCUT2D eigenvalue weighted by molar-refractivity contribution is 9.10. The van der Waals surface area contributed by atoms with Gasteiger partial charge in [0.15, 0.2) is 11.5 Å². The van der Waals surface area contributed by atoms with E-state index in [4.69, 9.17) is 16.3 Å². The molecule has 3 N–H and O–H groups in total. The average molecular weight is 486 g/mol. The maximum Gasteiger partial charge on any atom is 0.162 e. The molecule has 0 fully saturated rings. The number of phenolic OH excluding ortho intramolecular Hbond substituents is 1. The molecule has 1 aliphatic heterocycles. The number of para-hydroxylation sites is 1. The van der Waals surface area contributed by atoms with Crippen molar-refractivity contribution < 1.29 is 9.84 Å². The molecule has 0 spiro atoms. The Hall–Kier alpha value is -2.47. The van der Waals surface area contributed by atoms with Crippen LogP contribution in [0.4, 0.5) is 0 Å². The zero-order chi connectivity index (χ0) is 21.1. The van der Waals surface area contributed by atoms with Gasteiger partial charge in [0.25, 0.3) is 0 Å². The lowest BCUT2D eigenvalue weighted by atomic mass is 9.97. The molecule has 1 aliphatic rings. The third-order valence-corrected chi connectivity index (χ3v) is 5.78. The van der Waals surface area contributed by atoms with Gasteiger partial charge in [0.2, 0.25) is 0 Å². The van der Waals surface area contributed by atoms with Crippen molar-refractivity contribution in [2.45, 2.75) is 19.1 Å². The predicted molar refractivity (Wildman–Crippen MR) is 125 cm³/mol. The Kier molecular flexibility index (Phi) is 6.32. The molecule has 0 aromatic heterocycles. The van der Waals surface area contributed by atoms with Crippen LogP contribution in [0.5, 0.6) is 11.5 Å². The number of aromatic hydroxyl groups is 1. The normalized spacial score (nSPS) is 18.4. The highest BCUT2D eigenvalue weighted by atomic mass is 79.9. The lowest BCUT2D eigenvalue weighted by Gasteiger charge is -2.33. The van der Waals surface area contributed by atoms with Gasteiger partial charge in [-0.3, -0.25) is 5.32 Å².